The summed E-state index contributed by atoms with van der Waals surface area (Å²) in [5.74, 6) is 0. The van der Waals surface area contributed by atoms with Crippen molar-refractivity contribution in [3.63, 3.8) is 0 Å². The molecule has 0 fully saturated rings. The van der Waals surface area contributed by atoms with Gasteiger partial charge in [-0.1, -0.05) is 17.7 Å². The standard InChI is InChI=1S/C10H10ClNO/c1-6(13)9-4-7-2-3-8(11)5-10(7)12-9/h2-6,12-13H,1H3. The maximum absolute atomic E-state index is 9.33. The average molecular weight is 196 g/mol. The van der Waals surface area contributed by atoms with E-state index in [1.807, 2.05) is 24.3 Å². The third-order valence-electron chi connectivity index (χ3n) is 2.06. The minimum atomic E-state index is -0.467. The van der Waals surface area contributed by atoms with Crippen LogP contribution in [0.2, 0.25) is 5.02 Å². The van der Waals surface area contributed by atoms with E-state index in [0.29, 0.717) is 5.02 Å². The molecule has 0 bridgehead atoms. The fraction of sp³-hybridized carbons (Fsp3) is 0.200. The third-order valence-corrected chi connectivity index (χ3v) is 2.29. The van der Waals surface area contributed by atoms with Crippen LogP contribution in [0.5, 0.6) is 0 Å². The molecule has 13 heavy (non-hydrogen) atoms. The molecule has 2 N–H and O–H groups in total. The van der Waals surface area contributed by atoms with E-state index < -0.39 is 6.10 Å². The number of hydrogen-bond acceptors (Lipinski definition) is 1. The summed E-state index contributed by atoms with van der Waals surface area (Å²) >= 11 is 5.83. The lowest BCUT2D eigenvalue weighted by molar-refractivity contribution is 0.195. The number of halogens is 1. The van der Waals surface area contributed by atoms with Crippen LogP contribution in [0.4, 0.5) is 0 Å². The van der Waals surface area contributed by atoms with E-state index in [2.05, 4.69) is 4.98 Å². The van der Waals surface area contributed by atoms with Gasteiger partial charge in [-0.05, 0) is 30.5 Å². The first kappa shape index (κ1) is 8.60. The first-order valence-electron chi connectivity index (χ1n) is 4.13. The van der Waals surface area contributed by atoms with Gasteiger partial charge in [0, 0.05) is 16.2 Å². The lowest BCUT2D eigenvalue weighted by Gasteiger charge is -1.97. The van der Waals surface area contributed by atoms with E-state index in [9.17, 15) is 5.11 Å². The van der Waals surface area contributed by atoms with Gasteiger partial charge in [-0.15, -0.1) is 0 Å². The summed E-state index contributed by atoms with van der Waals surface area (Å²) in [6.07, 6.45) is -0.467. The maximum atomic E-state index is 9.33. The Kier molecular flexibility index (Phi) is 2.02. The SMILES string of the molecule is CC(O)c1cc2ccc(Cl)cc2[nH]1. The van der Waals surface area contributed by atoms with Crippen molar-refractivity contribution < 1.29 is 5.11 Å². The van der Waals surface area contributed by atoms with Crippen LogP contribution in [-0.4, -0.2) is 10.1 Å². The van der Waals surface area contributed by atoms with E-state index >= 15 is 0 Å². The lowest BCUT2D eigenvalue weighted by Crippen LogP contribution is -1.88. The first-order valence-corrected chi connectivity index (χ1v) is 4.51. The van der Waals surface area contributed by atoms with Gasteiger partial charge in [-0.25, -0.2) is 0 Å². The zero-order valence-electron chi connectivity index (χ0n) is 7.21. The Hall–Kier alpha value is -0.990. The molecule has 2 rings (SSSR count). The Labute approximate surface area is 81.1 Å². The van der Waals surface area contributed by atoms with Crippen LogP contribution in [0.15, 0.2) is 24.3 Å². The zero-order valence-corrected chi connectivity index (χ0v) is 7.97. The Morgan fingerprint density at radius 2 is 2.15 bits per heavy atom. The van der Waals surface area contributed by atoms with E-state index in [1.165, 1.54) is 0 Å². The summed E-state index contributed by atoms with van der Waals surface area (Å²) in [6, 6.07) is 7.54. The molecule has 1 atom stereocenters. The molecule has 2 aromatic rings. The van der Waals surface area contributed by atoms with Gasteiger partial charge in [0.1, 0.15) is 0 Å². The fourth-order valence-corrected chi connectivity index (χ4v) is 1.52. The van der Waals surface area contributed by atoms with Gasteiger partial charge in [-0.3, -0.25) is 0 Å². The van der Waals surface area contributed by atoms with Crippen molar-refractivity contribution in [3.8, 4) is 0 Å². The van der Waals surface area contributed by atoms with Gasteiger partial charge in [0.05, 0.1) is 6.10 Å². The van der Waals surface area contributed by atoms with Crippen LogP contribution in [0.3, 0.4) is 0 Å². The molecule has 0 spiro atoms. The first-order chi connectivity index (χ1) is 6.16. The van der Waals surface area contributed by atoms with E-state index in [-0.39, 0.29) is 0 Å². The highest BCUT2D eigenvalue weighted by molar-refractivity contribution is 6.31. The van der Waals surface area contributed by atoms with Crippen molar-refractivity contribution in [2.75, 3.05) is 0 Å². The Bertz CT molecular complexity index is 433. The average Bonchev–Trinajstić information content (AvgIpc) is 2.46. The van der Waals surface area contributed by atoms with Crippen molar-refractivity contribution in [1.29, 1.82) is 0 Å². The molecule has 0 aliphatic rings. The summed E-state index contributed by atoms with van der Waals surface area (Å²) in [6.45, 7) is 1.73. The van der Waals surface area contributed by atoms with Gasteiger partial charge in [0.15, 0.2) is 0 Å². The van der Waals surface area contributed by atoms with Gasteiger partial charge < -0.3 is 10.1 Å². The topological polar surface area (TPSA) is 36.0 Å². The molecular weight excluding hydrogens is 186 g/mol. The van der Waals surface area contributed by atoms with Gasteiger partial charge in [-0.2, -0.15) is 0 Å². The second-order valence-corrected chi connectivity index (χ2v) is 3.57. The number of aromatic amines is 1. The molecule has 3 heteroatoms. The summed E-state index contributed by atoms with van der Waals surface area (Å²) in [5, 5.41) is 11.1. The molecule has 2 nitrogen and oxygen atoms in total. The molecule has 0 aliphatic heterocycles. The number of fused-ring (bicyclic) bond motifs is 1. The minimum absolute atomic E-state index is 0.467. The lowest BCUT2D eigenvalue weighted by atomic mass is 10.2. The molecule has 0 saturated heterocycles. The number of H-pyrrole nitrogens is 1. The highest BCUT2D eigenvalue weighted by Crippen LogP contribution is 2.22. The van der Waals surface area contributed by atoms with Crippen LogP contribution in [0, 0.1) is 0 Å². The van der Waals surface area contributed by atoms with Crippen LogP contribution < -0.4 is 0 Å². The van der Waals surface area contributed by atoms with Gasteiger partial charge in [0.25, 0.3) is 0 Å². The number of nitrogens with one attached hydrogen (secondary N) is 1. The summed E-state index contributed by atoms with van der Waals surface area (Å²) in [4.78, 5) is 3.10. The maximum Gasteiger partial charge on any atom is 0.0910 e. The molecule has 0 aliphatic carbocycles. The molecule has 1 heterocycles. The number of hydrogen-bond donors (Lipinski definition) is 2. The van der Waals surface area contributed by atoms with Crippen molar-refractivity contribution in [2.24, 2.45) is 0 Å². The number of aliphatic hydroxyl groups is 1. The van der Waals surface area contributed by atoms with Crippen molar-refractivity contribution in [1.82, 2.24) is 4.98 Å². The number of rotatable bonds is 1. The molecule has 1 unspecified atom stereocenters. The second kappa shape index (κ2) is 3.05. The van der Waals surface area contributed by atoms with Crippen molar-refractivity contribution >= 4 is 22.5 Å². The molecule has 1 aromatic carbocycles. The Morgan fingerprint density at radius 1 is 1.38 bits per heavy atom. The van der Waals surface area contributed by atoms with Crippen LogP contribution in [0.1, 0.15) is 18.7 Å². The number of aliphatic hydroxyl groups excluding tert-OH is 1. The molecule has 0 amide bonds. The molecule has 68 valence electrons. The largest absolute Gasteiger partial charge is 0.387 e. The smallest absolute Gasteiger partial charge is 0.0910 e. The van der Waals surface area contributed by atoms with Crippen LogP contribution in [0.25, 0.3) is 10.9 Å². The summed E-state index contributed by atoms with van der Waals surface area (Å²) in [5.41, 5.74) is 1.78. The highest BCUT2D eigenvalue weighted by Gasteiger charge is 2.05. The van der Waals surface area contributed by atoms with E-state index in [1.54, 1.807) is 6.92 Å². The van der Waals surface area contributed by atoms with Gasteiger partial charge >= 0.3 is 0 Å². The van der Waals surface area contributed by atoms with Gasteiger partial charge in [0.2, 0.25) is 0 Å². The van der Waals surface area contributed by atoms with E-state index in [0.717, 1.165) is 16.6 Å². The van der Waals surface area contributed by atoms with E-state index in [4.69, 9.17) is 11.6 Å². The summed E-state index contributed by atoms with van der Waals surface area (Å²) < 4.78 is 0. The minimum Gasteiger partial charge on any atom is -0.387 e. The molecule has 0 saturated carbocycles. The number of aromatic nitrogens is 1. The van der Waals surface area contributed by atoms with Crippen LogP contribution >= 0.6 is 11.6 Å². The number of benzene rings is 1. The van der Waals surface area contributed by atoms with Crippen molar-refractivity contribution in [2.45, 2.75) is 13.0 Å². The predicted octanol–water partition coefficient (Wildman–Crippen LogP) is 2.87. The second-order valence-electron chi connectivity index (χ2n) is 3.13. The zero-order chi connectivity index (χ0) is 9.42. The van der Waals surface area contributed by atoms with Crippen LogP contribution in [-0.2, 0) is 0 Å². The molecular formula is C10H10ClNO. The Morgan fingerprint density at radius 3 is 2.85 bits per heavy atom. The molecule has 0 radical (unpaired) electrons. The highest BCUT2D eigenvalue weighted by atomic mass is 35.5. The fourth-order valence-electron chi connectivity index (χ4n) is 1.35. The Balaban J connectivity index is 2.62. The quantitative estimate of drug-likeness (QED) is 0.721. The monoisotopic (exact) mass is 195 g/mol. The van der Waals surface area contributed by atoms with Crippen molar-refractivity contribution in [3.05, 3.63) is 35.0 Å². The molecule has 1 aromatic heterocycles. The normalized spacial score (nSPS) is 13.5. The predicted molar refractivity (Wildman–Crippen MR) is 53.9 cm³/mol. The third kappa shape index (κ3) is 1.55. The summed E-state index contributed by atoms with van der Waals surface area (Å²) in [7, 11) is 0.